The summed E-state index contributed by atoms with van der Waals surface area (Å²) in [5, 5.41) is 14.7. The molecule has 1 unspecified atom stereocenters. The van der Waals surface area contributed by atoms with Crippen LogP contribution >= 0.6 is 0 Å². The second-order valence-electron chi connectivity index (χ2n) is 7.31. The fourth-order valence-corrected chi connectivity index (χ4v) is 2.43. The number of tetrazole rings is 1. The van der Waals surface area contributed by atoms with Gasteiger partial charge in [0, 0.05) is 6.54 Å². The summed E-state index contributed by atoms with van der Waals surface area (Å²) in [5.41, 5.74) is 0.465. The number of carbonyl (C=O) groups excluding carboxylic acids is 1. The third-order valence-electron chi connectivity index (χ3n) is 3.68. The van der Waals surface area contributed by atoms with Crippen LogP contribution in [0.3, 0.4) is 0 Å². The van der Waals surface area contributed by atoms with E-state index in [0.717, 1.165) is 18.4 Å². The van der Waals surface area contributed by atoms with Crippen molar-refractivity contribution in [2.45, 2.75) is 65.3 Å². The lowest BCUT2D eigenvalue weighted by molar-refractivity contribution is 0.0416. The first-order valence-electron chi connectivity index (χ1n) is 9.26. The lowest BCUT2D eigenvalue weighted by Crippen LogP contribution is -2.38. The molecule has 0 fully saturated rings. The molecule has 0 aliphatic rings. The highest BCUT2D eigenvalue weighted by Crippen LogP contribution is 2.14. The van der Waals surface area contributed by atoms with Gasteiger partial charge in [0.05, 0.1) is 13.2 Å². The van der Waals surface area contributed by atoms with Gasteiger partial charge in [0.15, 0.2) is 5.82 Å². The second kappa shape index (κ2) is 10.0. The monoisotopic (exact) mass is 375 g/mol. The van der Waals surface area contributed by atoms with Crippen LogP contribution in [-0.2, 0) is 22.6 Å². The van der Waals surface area contributed by atoms with Crippen molar-refractivity contribution < 1.29 is 14.3 Å². The molecular weight excluding hydrogens is 346 g/mol. The predicted molar refractivity (Wildman–Crippen MR) is 101 cm³/mol. The van der Waals surface area contributed by atoms with E-state index in [1.165, 1.54) is 0 Å². The lowest BCUT2D eigenvalue weighted by Gasteiger charge is -2.23. The zero-order valence-corrected chi connectivity index (χ0v) is 16.5. The highest BCUT2D eigenvalue weighted by molar-refractivity contribution is 5.68. The Hall–Kier alpha value is -2.48. The molecule has 1 atom stereocenters. The number of amides is 1. The summed E-state index contributed by atoms with van der Waals surface area (Å²) in [6.45, 7) is 8.91. The second-order valence-corrected chi connectivity index (χ2v) is 7.31. The molecule has 1 amide bonds. The number of hydrogen-bond donors (Lipinski definition) is 1. The topological polar surface area (TPSA) is 91.2 Å². The van der Waals surface area contributed by atoms with Crippen LogP contribution in [0.2, 0.25) is 0 Å². The number of rotatable bonds is 9. The van der Waals surface area contributed by atoms with E-state index in [1.54, 1.807) is 4.68 Å². The molecule has 0 aliphatic carbocycles. The Morgan fingerprint density at radius 1 is 1.26 bits per heavy atom. The summed E-state index contributed by atoms with van der Waals surface area (Å²) in [6, 6.07) is 9.35. The summed E-state index contributed by atoms with van der Waals surface area (Å²) in [4.78, 5) is 12.3. The molecule has 1 heterocycles. The van der Waals surface area contributed by atoms with Gasteiger partial charge >= 0.3 is 6.09 Å². The van der Waals surface area contributed by atoms with E-state index in [2.05, 4.69) is 27.8 Å². The van der Waals surface area contributed by atoms with Crippen molar-refractivity contribution in [2.24, 2.45) is 0 Å². The van der Waals surface area contributed by atoms with Crippen molar-refractivity contribution in [2.75, 3.05) is 6.61 Å². The average Bonchev–Trinajstić information content (AvgIpc) is 3.07. The fraction of sp³-hybridized carbons (Fsp3) is 0.579. The van der Waals surface area contributed by atoms with Gasteiger partial charge in [-0.1, -0.05) is 43.7 Å². The van der Waals surface area contributed by atoms with Gasteiger partial charge < -0.3 is 14.8 Å². The molecule has 8 nitrogen and oxygen atoms in total. The standard InChI is InChI=1S/C19H29N5O3/c1-5-6-12-24-17(21-22-23-24)16(20-18(25)27-19(2,3)4)14-26-13-15-10-8-7-9-11-15/h7-11,16H,5-6,12-14H2,1-4H3,(H,20,25). The van der Waals surface area contributed by atoms with Crippen molar-refractivity contribution in [1.82, 2.24) is 25.5 Å². The Kier molecular flexibility index (Phi) is 7.72. The first-order chi connectivity index (χ1) is 12.9. The third kappa shape index (κ3) is 7.34. The van der Waals surface area contributed by atoms with E-state index in [1.807, 2.05) is 51.1 Å². The van der Waals surface area contributed by atoms with Gasteiger partial charge in [-0.25, -0.2) is 9.48 Å². The Bertz CT molecular complexity index is 697. The van der Waals surface area contributed by atoms with Crippen molar-refractivity contribution in [3.8, 4) is 0 Å². The minimum atomic E-state index is -0.590. The molecule has 2 rings (SSSR count). The SMILES string of the molecule is CCCCn1nnnc1C(COCc1ccccc1)NC(=O)OC(C)(C)C. The van der Waals surface area contributed by atoms with Crippen LogP contribution in [0, 0.1) is 0 Å². The maximum atomic E-state index is 12.3. The van der Waals surface area contributed by atoms with E-state index in [9.17, 15) is 4.79 Å². The van der Waals surface area contributed by atoms with Gasteiger partial charge in [0.1, 0.15) is 11.6 Å². The Labute approximate surface area is 160 Å². The highest BCUT2D eigenvalue weighted by Gasteiger charge is 2.25. The molecule has 1 N–H and O–H groups in total. The zero-order valence-electron chi connectivity index (χ0n) is 16.5. The first-order valence-corrected chi connectivity index (χ1v) is 9.26. The van der Waals surface area contributed by atoms with Gasteiger partial charge in [0.2, 0.25) is 0 Å². The molecule has 0 saturated heterocycles. The van der Waals surface area contributed by atoms with Crippen LogP contribution in [0.15, 0.2) is 30.3 Å². The van der Waals surface area contributed by atoms with E-state index in [0.29, 0.717) is 19.0 Å². The highest BCUT2D eigenvalue weighted by atomic mass is 16.6. The summed E-state index contributed by atoms with van der Waals surface area (Å²) in [7, 11) is 0. The van der Waals surface area contributed by atoms with Crippen molar-refractivity contribution >= 4 is 6.09 Å². The molecular formula is C19H29N5O3. The average molecular weight is 375 g/mol. The molecule has 0 saturated carbocycles. The van der Waals surface area contributed by atoms with E-state index in [-0.39, 0.29) is 6.61 Å². The zero-order chi connectivity index (χ0) is 19.7. The van der Waals surface area contributed by atoms with Gasteiger partial charge in [-0.15, -0.1) is 5.10 Å². The number of ether oxygens (including phenoxy) is 2. The van der Waals surface area contributed by atoms with Crippen LogP contribution in [0.4, 0.5) is 4.79 Å². The number of nitrogens with one attached hydrogen (secondary N) is 1. The Morgan fingerprint density at radius 3 is 2.67 bits per heavy atom. The number of unbranched alkanes of at least 4 members (excludes halogenated alkanes) is 1. The van der Waals surface area contributed by atoms with Gasteiger partial charge in [-0.2, -0.15) is 0 Å². The van der Waals surface area contributed by atoms with Crippen LogP contribution in [0.5, 0.6) is 0 Å². The number of alkyl carbamates (subject to hydrolysis) is 1. The minimum Gasteiger partial charge on any atom is -0.444 e. The number of aromatic nitrogens is 4. The minimum absolute atomic E-state index is 0.237. The Morgan fingerprint density at radius 2 is 2.00 bits per heavy atom. The predicted octanol–water partition coefficient (Wildman–Crippen LogP) is 3.26. The Balaban J connectivity index is 2.05. The fourth-order valence-electron chi connectivity index (χ4n) is 2.43. The first kappa shape index (κ1) is 20.8. The molecule has 0 bridgehead atoms. The molecule has 1 aromatic heterocycles. The molecule has 0 radical (unpaired) electrons. The number of benzene rings is 1. The molecule has 27 heavy (non-hydrogen) atoms. The third-order valence-corrected chi connectivity index (χ3v) is 3.68. The summed E-state index contributed by atoms with van der Waals surface area (Å²) >= 11 is 0. The number of carbonyl (C=O) groups is 1. The summed E-state index contributed by atoms with van der Waals surface area (Å²) in [6.07, 6.45) is 1.44. The number of nitrogens with zero attached hydrogens (tertiary/aromatic N) is 4. The lowest BCUT2D eigenvalue weighted by atomic mass is 10.2. The van der Waals surface area contributed by atoms with Crippen LogP contribution in [0.25, 0.3) is 0 Å². The normalized spacial score (nSPS) is 12.6. The molecule has 0 aliphatic heterocycles. The smallest absolute Gasteiger partial charge is 0.408 e. The molecule has 2 aromatic rings. The van der Waals surface area contributed by atoms with E-state index < -0.39 is 17.7 Å². The number of aryl methyl sites for hydroxylation is 1. The van der Waals surface area contributed by atoms with Gasteiger partial charge in [-0.05, 0) is 43.2 Å². The van der Waals surface area contributed by atoms with E-state index >= 15 is 0 Å². The van der Waals surface area contributed by atoms with Crippen LogP contribution in [-0.4, -0.2) is 38.5 Å². The number of hydrogen-bond acceptors (Lipinski definition) is 6. The maximum Gasteiger partial charge on any atom is 0.408 e. The molecule has 148 valence electrons. The quantitative estimate of drug-likeness (QED) is 0.723. The molecule has 8 heteroatoms. The van der Waals surface area contributed by atoms with E-state index in [4.69, 9.17) is 9.47 Å². The van der Waals surface area contributed by atoms with Gasteiger partial charge in [-0.3, -0.25) is 0 Å². The van der Waals surface area contributed by atoms with Crippen molar-refractivity contribution in [1.29, 1.82) is 0 Å². The maximum absolute atomic E-state index is 12.3. The van der Waals surface area contributed by atoms with Gasteiger partial charge in [0.25, 0.3) is 0 Å². The van der Waals surface area contributed by atoms with Crippen molar-refractivity contribution in [3.05, 3.63) is 41.7 Å². The molecule has 1 aromatic carbocycles. The molecule has 0 spiro atoms. The van der Waals surface area contributed by atoms with Crippen molar-refractivity contribution in [3.63, 3.8) is 0 Å². The van der Waals surface area contributed by atoms with Crippen LogP contribution < -0.4 is 5.32 Å². The van der Waals surface area contributed by atoms with Crippen LogP contribution in [0.1, 0.15) is 58.0 Å². The largest absolute Gasteiger partial charge is 0.444 e. The summed E-state index contributed by atoms with van der Waals surface area (Å²) < 4.78 is 12.9. The summed E-state index contributed by atoms with van der Waals surface area (Å²) in [5.74, 6) is 0.558.